The molecule has 4 heteroatoms. The largest absolute Gasteiger partial charge is 0.396 e. The molecule has 6 rings (SSSR count). The van der Waals surface area contributed by atoms with Crippen molar-refractivity contribution in [2.24, 2.45) is 4.99 Å². The third-order valence-corrected chi connectivity index (χ3v) is 6.58. The number of rotatable bonds is 6. The zero-order valence-electron chi connectivity index (χ0n) is 18.4. The van der Waals surface area contributed by atoms with Crippen molar-refractivity contribution in [3.05, 3.63) is 69.6 Å². The summed E-state index contributed by atoms with van der Waals surface area (Å²) in [5.74, 6) is 0. The molecule has 0 bridgehead atoms. The molecule has 0 radical (unpaired) electrons. The summed E-state index contributed by atoms with van der Waals surface area (Å²) < 4.78 is 8.44. The Hall–Kier alpha value is -3.21. The normalized spacial score (nSPS) is 13.5. The molecule has 160 valence electrons. The highest BCUT2D eigenvalue weighted by Gasteiger charge is 2.25. The Kier molecular flexibility index (Phi) is 4.53. The summed E-state index contributed by atoms with van der Waals surface area (Å²) in [7, 11) is 0. The maximum absolute atomic E-state index is 9.63. The van der Waals surface area contributed by atoms with Crippen LogP contribution < -0.4 is 10.4 Å². The van der Waals surface area contributed by atoms with Crippen LogP contribution in [0.15, 0.2) is 47.5 Å². The highest BCUT2D eigenvalue weighted by Crippen LogP contribution is 2.35. The van der Waals surface area contributed by atoms with Gasteiger partial charge in [0.2, 0.25) is 0 Å². The maximum Gasteiger partial charge on any atom is 0.0727 e. The van der Waals surface area contributed by atoms with E-state index in [0.717, 1.165) is 6.54 Å². The first-order valence-corrected chi connectivity index (χ1v) is 11.4. The van der Waals surface area contributed by atoms with Crippen molar-refractivity contribution < 1.29 is 9.84 Å². The predicted molar refractivity (Wildman–Crippen MR) is 131 cm³/mol. The molecule has 1 aliphatic carbocycles. The van der Waals surface area contributed by atoms with Crippen LogP contribution in [0.3, 0.4) is 0 Å². The summed E-state index contributed by atoms with van der Waals surface area (Å²) in [5, 5.41) is 14.6. The second-order valence-corrected chi connectivity index (χ2v) is 8.88. The van der Waals surface area contributed by atoms with Gasteiger partial charge in [0.25, 0.3) is 0 Å². The minimum absolute atomic E-state index is 0.167. The first kappa shape index (κ1) is 19.5. The van der Waals surface area contributed by atoms with Crippen LogP contribution in [-0.2, 0) is 17.9 Å². The van der Waals surface area contributed by atoms with Crippen molar-refractivity contribution in [3.8, 4) is 11.1 Å². The van der Waals surface area contributed by atoms with Gasteiger partial charge in [0, 0.05) is 63.4 Å². The van der Waals surface area contributed by atoms with Crippen molar-refractivity contribution in [2.45, 2.75) is 39.5 Å². The number of fused-ring (bicyclic) bond motifs is 10. The van der Waals surface area contributed by atoms with E-state index in [1.165, 1.54) is 60.1 Å². The van der Waals surface area contributed by atoms with Gasteiger partial charge < -0.3 is 14.4 Å². The molecule has 1 aromatic heterocycles. The Morgan fingerprint density at radius 3 is 2.75 bits per heavy atom. The minimum atomic E-state index is 0.167. The van der Waals surface area contributed by atoms with Gasteiger partial charge in [0.05, 0.1) is 18.2 Å². The third kappa shape index (κ3) is 2.73. The summed E-state index contributed by atoms with van der Waals surface area (Å²) in [5.41, 5.74) is 8.62. The van der Waals surface area contributed by atoms with Gasteiger partial charge in [0.1, 0.15) is 0 Å². The average Bonchev–Trinajstić information content (AvgIpc) is 3.49. The number of aromatic nitrogens is 1. The smallest absolute Gasteiger partial charge is 0.0727 e. The van der Waals surface area contributed by atoms with Gasteiger partial charge in [-0.15, -0.1) is 0 Å². The lowest BCUT2D eigenvalue weighted by Gasteiger charge is -2.10. The summed E-state index contributed by atoms with van der Waals surface area (Å²) in [6, 6.07) is 15.1. The van der Waals surface area contributed by atoms with E-state index < -0.39 is 0 Å². The first-order chi connectivity index (χ1) is 15.7. The fraction of sp³-hybridized carbons (Fsp3) is 0.250. The lowest BCUT2D eigenvalue weighted by molar-refractivity contribution is 0.0664. The molecule has 4 aromatic rings. The van der Waals surface area contributed by atoms with Gasteiger partial charge in [-0.1, -0.05) is 36.4 Å². The lowest BCUT2D eigenvalue weighted by atomic mass is 9.95. The van der Waals surface area contributed by atoms with E-state index >= 15 is 0 Å². The molecular formula is C28H26N2O2. The Morgan fingerprint density at radius 2 is 1.91 bits per heavy atom. The van der Waals surface area contributed by atoms with E-state index in [0.29, 0.717) is 13.0 Å². The van der Waals surface area contributed by atoms with E-state index in [9.17, 15) is 5.11 Å². The maximum atomic E-state index is 9.63. The van der Waals surface area contributed by atoms with E-state index in [-0.39, 0.29) is 12.7 Å². The number of hydrogen-bond acceptors (Lipinski definition) is 3. The molecule has 3 aromatic carbocycles. The topological polar surface area (TPSA) is 46.8 Å². The molecule has 1 aliphatic heterocycles. The Bertz CT molecular complexity index is 1540. The highest BCUT2D eigenvalue weighted by atomic mass is 16.5. The van der Waals surface area contributed by atoms with Gasteiger partial charge in [-0.2, -0.15) is 0 Å². The second-order valence-electron chi connectivity index (χ2n) is 8.88. The summed E-state index contributed by atoms with van der Waals surface area (Å²) in [4.78, 5) is 4.59. The molecule has 2 heterocycles. The van der Waals surface area contributed by atoms with Gasteiger partial charge in [0.15, 0.2) is 0 Å². The quantitative estimate of drug-likeness (QED) is 0.448. The number of aryl methyl sites for hydroxylation is 1. The van der Waals surface area contributed by atoms with Crippen molar-refractivity contribution >= 4 is 40.3 Å². The van der Waals surface area contributed by atoms with Crippen LogP contribution in [-0.4, -0.2) is 28.6 Å². The predicted octanol–water partition coefficient (Wildman–Crippen LogP) is 4.08. The standard InChI is InChI=1S/C28H26N2O2/c1-17(2)32-16-19-8-5-10-24-25(19)27-23-15-29-14-22(23)26-20-9-4-3-7-18(20)13-21(26)28(27)30(24)11-6-12-31/h3-5,7-10,13-15,17,31H,6,11-12,16H2,1-2H3. The fourth-order valence-corrected chi connectivity index (χ4v) is 5.28. The van der Waals surface area contributed by atoms with Crippen molar-refractivity contribution in [2.75, 3.05) is 6.61 Å². The molecule has 0 saturated heterocycles. The van der Waals surface area contributed by atoms with E-state index in [2.05, 4.69) is 71.9 Å². The number of benzene rings is 3. The molecular weight excluding hydrogens is 396 g/mol. The highest BCUT2D eigenvalue weighted by molar-refractivity contribution is 6.16. The van der Waals surface area contributed by atoms with Crippen molar-refractivity contribution in [1.29, 1.82) is 0 Å². The van der Waals surface area contributed by atoms with E-state index in [1.54, 1.807) is 0 Å². The van der Waals surface area contributed by atoms with Crippen LogP contribution in [0, 0.1) is 0 Å². The number of aliphatic hydroxyl groups is 1. The molecule has 0 saturated carbocycles. The Balaban J connectivity index is 1.79. The molecule has 2 aliphatic rings. The lowest BCUT2D eigenvalue weighted by Crippen LogP contribution is -2.19. The van der Waals surface area contributed by atoms with Gasteiger partial charge in [-0.3, -0.25) is 4.99 Å². The number of aliphatic hydroxyl groups excluding tert-OH is 1. The van der Waals surface area contributed by atoms with Crippen LogP contribution in [0.1, 0.15) is 37.0 Å². The Labute approximate surface area is 186 Å². The van der Waals surface area contributed by atoms with E-state index in [1.807, 2.05) is 12.4 Å². The molecule has 0 amide bonds. The van der Waals surface area contributed by atoms with Crippen molar-refractivity contribution in [1.82, 2.24) is 4.57 Å². The SMILES string of the molecule is CC(C)OCc1cccc2c1c1c3c(c4c(c1n2CCCO)=Cc1ccccc1-4)C=NC=3. The Morgan fingerprint density at radius 1 is 1.03 bits per heavy atom. The van der Waals surface area contributed by atoms with Crippen LogP contribution in [0.5, 0.6) is 0 Å². The molecule has 4 nitrogen and oxygen atoms in total. The zero-order valence-corrected chi connectivity index (χ0v) is 18.4. The number of aliphatic imine (C=N–C) groups is 1. The number of ether oxygens (including phenoxy) is 1. The number of nitrogens with zero attached hydrogens (tertiary/aromatic N) is 2. The number of hydrogen-bond donors (Lipinski definition) is 1. The fourth-order valence-electron chi connectivity index (χ4n) is 5.28. The van der Waals surface area contributed by atoms with Gasteiger partial charge >= 0.3 is 0 Å². The van der Waals surface area contributed by atoms with Gasteiger partial charge in [-0.05, 0) is 49.1 Å². The average molecular weight is 423 g/mol. The minimum Gasteiger partial charge on any atom is -0.396 e. The van der Waals surface area contributed by atoms with Crippen LogP contribution >= 0.6 is 0 Å². The van der Waals surface area contributed by atoms with Crippen LogP contribution in [0.25, 0.3) is 45.2 Å². The first-order valence-electron chi connectivity index (χ1n) is 11.4. The summed E-state index contributed by atoms with van der Waals surface area (Å²) >= 11 is 0. The zero-order chi connectivity index (χ0) is 21.8. The molecule has 0 fully saturated rings. The molecule has 0 spiro atoms. The second kappa shape index (κ2) is 7.44. The molecule has 1 N–H and O–H groups in total. The van der Waals surface area contributed by atoms with E-state index in [4.69, 9.17) is 4.74 Å². The van der Waals surface area contributed by atoms with Gasteiger partial charge in [-0.25, -0.2) is 0 Å². The molecule has 0 unspecified atom stereocenters. The molecule has 32 heavy (non-hydrogen) atoms. The monoisotopic (exact) mass is 422 g/mol. The van der Waals surface area contributed by atoms with Crippen molar-refractivity contribution in [3.63, 3.8) is 0 Å². The molecule has 0 atom stereocenters. The summed E-state index contributed by atoms with van der Waals surface area (Å²) in [6.45, 7) is 5.65. The third-order valence-electron chi connectivity index (χ3n) is 6.58. The van der Waals surface area contributed by atoms with Crippen LogP contribution in [0.4, 0.5) is 0 Å². The van der Waals surface area contributed by atoms with Crippen LogP contribution in [0.2, 0.25) is 0 Å². The summed E-state index contributed by atoms with van der Waals surface area (Å²) in [6.07, 6.45) is 7.21.